The lowest BCUT2D eigenvalue weighted by Gasteiger charge is -2.17. The summed E-state index contributed by atoms with van der Waals surface area (Å²) in [6.07, 6.45) is 7.76. The molecule has 4 heteroatoms. The molecule has 1 unspecified atom stereocenters. The number of nitrogens with two attached hydrogens (primary N) is 1. The number of allylic oxidation sites excluding steroid dienone is 2. The van der Waals surface area contributed by atoms with E-state index in [9.17, 15) is 4.79 Å². The van der Waals surface area contributed by atoms with Crippen LogP contribution in [0.1, 0.15) is 28.9 Å². The number of hydrogen-bond acceptors (Lipinski definition) is 3. The molecule has 1 aliphatic rings. The van der Waals surface area contributed by atoms with Crippen LogP contribution in [0.3, 0.4) is 0 Å². The monoisotopic (exact) mass is 236 g/mol. The minimum atomic E-state index is -0.0398. The second-order valence-corrected chi connectivity index (χ2v) is 4.98. The third-order valence-corrected chi connectivity index (χ3v) is 3.76. The summed E-state index contributed by atoms with van der Waals surface area (Å²) in [4.78, 5) is 12.4. The van der Waals surface area contributed by atoms with Crippen LogP contribution in [-0.2, 0) is 0 Å². The second-order valence-electron chi connectivity index (χ2n) is 4.07. The van der Waals surface area contributed by atoms with Gasteiger partial charge in [-0.25, -0.2) is 0 Å². The summed E-state index contributed by atoms with van der Waals surface area (Å²) in [5.41, 5.74) is 6.26. The molecule has 2 rings (SSSR count). The Hall–Kier alpha value is -1.29. The summed E-state index contributed by atoms with van der Waals surface area (Å²) in [5, 5.41) is 4.79. The van der Waals surface area contributed by atoms with Crippen LogP contribution < -0.4 is 11.1 Å². The van der Waals surface area contributed by atoms with Crippen LogP contribution in [0, 0.1) is 5.92 Å². The average molecular weight is 236 g/mol. The fourth-order valence-electron chi connectivity index (χ4n) is 1.86. The van der Waals surface area contributed by atoms with Crippen molar-refractivity contribution in [2.45, 2.75) is 19.3 Å². The number of carbonyl (C=O) groups is 1. The predicted octanol–water partition coefficient (Wildman–Crippen LogP) is 2.42. The highest BCUT2D eigenvalue weighted by Crippen LogP contribution is 2.20. The molecule has 0 saturated carbocycles. The summed E-state index contributed by atoms with van der Waals surface area (Å²) in [7, 11) is 0. The van der Waals surface area contributed by atoms with Gasteiger partial charge in [0.2, 0.25) is 0 Å². The molecule has 86 valence electrons. The lowest BCUT2D eigenvalue weighted by atomic mass is 9.94. The van der Waals surface area contributed by atoms with Gasteiger partial charge in [0.25, 0.3) is 5.91 Å². The highest BCUT2D eigenvalue weighted by atomic mass is 32.1. The Kier molecular flexibility index (Phi) is 3.62. The van der Waals surface area contributed by atoms with Crippen LogP contribution in [0.4, 0.5) is 5.69 Å². The minimum Gasteiger partial charge on any atom is -0.397 e. The van der Waals surface area contributed by atoms with Crippen molar-refractivity contribution in [3.8, 4) is 0 Å². The van der Waals surface area contributed by atoms with Gasteiger partial charge >= 0.3 is 0 Å². The van der Waals surface area contributed by atoms with Crippen molar-refractivity contribution < 1.29 is 4.79 Å². The molecule has 0 aliphatic heterocycles. The zero-order chi connectivity index (χ0) is 11.4. The molecule has 1 heterocycles. The van der Waals surface area contributed by atoms with E-state index in [0.29, 0.717) is 16.5 Å². The molecule has 1 aromatic heterocycles. The van der Waals surface area contributed by atoms with Crippen molar-refractivity contribution in [1.82, 2.24) is 5.32 Å². The van der Waals surface area contributed by atoms with Crippen LogP contribution in [-0.4, -0.2) is 12.5 Å². The Balaban J connectivity index is 1.84. The number of carbonyl (C=O) groups excluding carboxylic acids is 1. The highest BCUT2D eigenvalue weighted by molar-refractivity contribution is 7.12. The van der Waals surface area contributed by atoms with Crippen LogP contribution in [0.5, 0.6) is 0 Å². The maximum absolute atomic E-state index is 11.8. The van der Waals surface area contributed by atoms with Crippen molar-refractivity contribution in [1.29, 1.82) is 0 Å². The fourth-order valence-corrected chi connectivity index (χ4v) is 2.60. The average Bonchev–Trinajstić information content (AvgIpc) is 2.74. The number of nitrogen functional groups attached to an aromatic ring is 1. The van der Waals surface area contributed by atoms with Gasteiger partial charge in [-0.3, -0.25) is 4.79 Å². The highest BCUT2D eigenvalue weighted by Gasteiger charge is 2.14. The topological polar surface area (TPSA) is 55.1 Å². The smallest absolute Gasteiger partial charge is 0.263 e. The first-order chi connectivity index (χ1) is 7.77. The van der Waals surface area contributed by atoms with E-state index in [4.69, 9.17) is 5.73 Å². The third-order valence-electron chi connectivity index (χ3n) is 2.83. The molecule has 1 atom stereocenters. The van der Waals surface area contributed by atoms with Gasteiger partial charge in [0.1, 0.15) is 4.88 Å². The molecule has 0 fully saturated rings. The predicted molar refractivity (Wildman–Crippen MR) is 67.5 cm³/mol. The van der Waals surface area contributed by atoms with Crippen LogP contribution >= 0.6 is 11.3 Å². The zero-order valence-corrected chi connectivity index (χ0v) is 9.93. The van der Waals surface area contributed by atoms with Gasteiger partial charge in [-0.1, -0.05) is 12.2 Å². The Morgan fingerprint density at radius 2 is 2.44 bits per heavy atom. The number of rotatable bonds is 3. The molecule has 0 radical (unpaired) electrons. The molecule has 3 N–H and O–H groups in total. The largest absolute Gasteiger partial charge is 0.397 e. The quantitative estimate of drug-likeness (QED) is 0.792. The number of anilines is 1. The molecule has 0 bridgehead atoms. The normalized spacial score (nSPS) is 19.6. The van der Waals surface area contributed by atoms with Gasteiger partial charge in [-0.2, -0.15) is 0 Å². The second kappa shape index (κ2) is 5.16. The van der Waals surface area contributed by atoms with E-state index in [1.807, 2.05) is 5.38 Å². The van der Waals surface area contributed by atoms with E-state index < -0.39 is 0 Å². The van der Waals surface area contributed by atoms with E-state index in [-0.39, 0.29) is 5.91 Å². The van der Waals surface area contributed by atoms with Gasteiger partial charge in [-0.15, -0.1) is 11.3 Å². The minimum absolute atomic E-state index is 0.0398. The Bertz CT molecular complexity index is 397. The van der Waals surface area contributed by atoms with E-state index in [1.54, 1.807) is 6.07 Å². The van der Waals surface area contributed by atoms with Gasteiger partial charge in [0, 0.05) is 6.54 Å². The van der Waals surface area contributed by atoms with E-state index in [2.05, 4.69) is 17.5 Å². The molecule has 1 amide bonds. The molecule has 0 saturated heterocycles. The lowest BCUT2D eigenvalue weighted by molar-refractivity contribution is 0.0951. The van der Waals surface area contributed by atoms with Crippen molar-refractivity contribution in [2.75, 3.05) is 12.3 Å². The standard InChI is InChI=1S/C12H16N2OS/c13-10-6-7-16-11(10)12(15)14-8-9-4-2-1-3-5-9/h1-2,6-7,9H,3-5,8,13H2,(H,14,15). The summed E-state index contributed by atoms with van der Waals surface area (Å²) in [5.74, 6) is 0.539. The van der Waals surface area contributed by atoms with Crippen LogP contribution in [0.2, 0.25) is 0 Å². The first kappa shape index (κ1) is 11.2. The SMILES string of the molecule is Nc1ccsc1C(=O)NCC1CC=CCC1. The van der Waals surface area contributed by atoms with Crippen molar-refractivity contribution in [2.24, 2.45) is 5.92 Å². The number of amides is 1. The summed E-state index contributed by atoms with van der Waals surface area (Å²) < 4.78 is 0. The molecule has 16 heavy (non-hydrogen) atoms. The maximum atomic E-state index is 11.8. The summed E-state index contributed by atoms with van der Waals surface area (Å²) in [6.45, 7) is 0.751. The van der Waals surface area contributed by atoms with Crippen molar-refractivity contribution >= 4 is 22.9 Å². The van der Waals surface area contributed by atoms with Gasteiger partial charge in [0.05, 0.1) is 5.69 Å². The molecule has 1 aromatic rings. The zero-order valence-electron chi connectivity index (χ0n) is 9.11. The van der Waals surface area contributed by atoms with Crippen LogP contribution in [0.15, 0.2) is 23.6 Å². The first-order valence-corrected chi connectivity index (χ1v) is 6.41. The van der Waals surface area contributed by atoms with Crippen molar-refractivity contribution in [3.05, 3.63) is 28.5 Å². The summed E-state index contributed by atoms with van der Waals surface area (Å²) >= 11 is 1.39. The first-order valence-electron chi connectivity index (χ1n) is 5.53. The Morgan fingerprint density at radius 1 is 1.56 bits per heavy atom. The van der Waals surface area contributed by atoms with Crippen molar-refractivity contribution in [3.63, 3.8) is 0 Å². The molecule has 0 spiro atoms. The van der Waals surface area contributed by atoms with Gasteiger partial charge in [0.15, 0.2) is 0 Å². The molecular formula is C12H16N2OS. The van der Waals surface area contributed by atoms with Gasteiger partial charge in [-0.05, 0) is 36.6 Å². The summed E-state index contributed by atoms with van der Waals surface area (Å²) in [6, 6.07) is 1.77. The number of hydrogen-bond donors (Lipinski definition) is 2. The molecular weight excluding hydrogens is 220 g/mol. The molecule has 3 nitrogen and oxygen atoms in total. The number of nitrogens with one attached hydrogen (secondary N) is 1. The molecule has 0 aromatic carbocycles. The lowest BCUT2D eigenvalue weighted by Crippen LogP contribution is -2.29. The van der Waals surface area contributed by atoms with E-state index in [1.165, 1.54) is 11.3 Å². The third kappa shape index (κ3) is 2.64. The number of thiophene rings is 1. The van der Waals surface area contributed by atoms with E-state index in [0.717, 1.165) is 25.8 Å². The van der Waals surface area contributed by atoms with Crippen LogP contribution in [0.25, 0.3) is 0 Å². The molecule has 1 aliphatic carbocycles. The fraction of sp³-hybridized carbons (Fsp3) is 0.417. The van der Waals surface area contributed by atoms with Gasteiger partial charge < -0.3 is 11.1 Å². The Labute approximate surface area is 99.3 Å². The maximum Gasteiger partial charge on any atom is 0.263 e. The van der Waals surface area contributed by atoms with E-state index >= 15 is 0 Å². The Morgan fingerprint density at radius 3 is 3.06 bits per heavy atom.